The molecule has 0 fully saturated rings. The Kier molecular flexibility index (Phi) is 4.86. The van der Waals surface area contributed by atoms with Crippen LogP contribution in [-0.4, -0.2) is 6.04 Å². The fraction of sp³-hybridized carbons (Fsp3) is 0.200. The van der Waals surface area contributed by atoms with Crippen LogP contribution in [0.1, 0.15) is 17.7 Å². The van der Waals surface area contributed by atoms with Crippen molar-refractivity contribution < 1.29 is 4.39 Å². The highest BCUT2D eigenvalue weighted by atomic mass is 35.5. The Morgan fingerprint density at radius 3 is 2.42 bits per heavy atom. The number of hydrogen-bond donors (Lipinski definition) is 1. The highest BCUT2D eigenvalue weighted by Crippen LogP contribution is 2.37. The van der Waals surface area contributed by atoms with Gasteiger partial charge in [0.05, 0.1) is 0 Å². The highest BCUT2D eigenvalue weighted by Gasteiger charge is 2.18. The Morgan fingerprint density at radius 2 is 1.84 bits per heavy atom. The van der Waals surface area contributed by atoms with Crippen molar-refractivity contribution in [2.45, 2.75) is 23.1 Å². The van der Waals surface area contributed by atoms with E-state index in [1.165, 1.54) is 12.1 Å². The highest BCUT2D eigenvalue weighted by molar-refractivity contribution is 7.99. The van der Waals surface area contributed by atoms with Gasteiger partial charge >= 0.3 is 0 Å². The zero-order valence-electron chi connectivity index (χ0n) is 10.5. The van der Waals surface area contributed by atoms with Gasteiger partial charge in [0.1, 0.15) is 5.82 Å². The monoisotopic (exact) mass is 295 g/mol. The van der Waals surface area contributed by atoms with Gasteiger partial charge in [0, 0.05) is 21.2 Å². The van der Waals surface area contributed by atoms with Crippen molar-refractivity contribution in [2.24, 2.45) is 5.73 Å². The van der Waals surface area contributed by atoms with Crippen molar-refractivity contribution in [1.82, 2.24) is 0 Å². The van der Waals surface area contributed by atoms with Crippen LogP contribution in [0.15, 0.2) is 53.4 Å². The third-order valence-corrected chi connectivity index (χ3v) is 4.48. The quantitative estimate of drug-likeness (QED) is 0.830. The minimum absolute atomic E-state index is 0.0110. The molecule has 100 valence electrons. The molecule has 0 aliphatic heterocycles. The topological polar surface area (TPSA) is 26.0 Å². The Morgan fingerprint density at radius 1 is 1.16 bits per heavy atom. The molecule has 19 heavy (non-hydrogen) atoms. The zero-order valence-corrected chi connectivity index (χ0v) is 12.1. The molecular formula is C15H15ClFNS. The third-order valence-electron chi connectivity index (χ3n) is 2.73. The lowest BCUT2D eigenvalue weighted by molar-refractivity contribution is 0.622. The van der Waals surface area contributed by atoms with Gasteiger partial charge in [0.25, 0.3) is 0 Å². The Hall–Kier alpha value is -1.03. The Labute approximate surface area is 122 Å². The van der Waals surface area contributed by atoms with Crippen molar-refractivity contribution >= 4 is 23.4 Å². The van der Waals surface area contributed by atoms with Crippen LogP contribution in [0.5, 0.6) is 0 Å². The summed E-state index contributed by atoms with van der Waals surface area (Å²) < 4.78 is 13.3. The van der Waals surface area contributed by atoms with Gasteiger partial charge in [-0.1, -0.05) is 23.7 Å². The van der Waals surface area contributed by atoms with E-state index < -0.39 is 0 Å². The van der Waals surface area contributed by atoms with E-state index in [0.29, 0.717) is 5.02 Å². The summed E-state index contributed by atoms with van der Waals surface area (Å²) in [7, 11) is 0. The maximum Gasteiger partial charge on any atom is 0.123 e. The summed E-state index contributed by atoms with van der Waals surface area (Å²) in [5, 5.41) is 0.712. The fourth-order valence-corrected chi connectivity index (χ4v) is 3.03. The predicted octanol–water partition coefficient (Wildman–Crippen LogP) is 4.66. The molecular weight excluding hydrogens is 281 g/mol. The van der Waals surface area contributed by atoms with Crippen LogP contribution in [-0.2, 0) is 0 Å². The molecule has 4 heteroatoms. The van der Waals surface area contributed by atoms with Crippen LogP contribution in [0.2, 0.25) is 5.02 Å². The molecule has 0 radical (unpaired) electrons. The summed E-state index contributed by atoms with van der Waals surface area (Å²) >= 11 is 7.48. The normalized spacial score (nSPS) is 14.1. The van der Waals surface area contributed by atoms with Crippen LogP contribution < -0.4 is 5.73 Å². The lowest BCUT2D eigenvalue weighted by atomic mass is 10.1. The first-order valence-electron chi connectivity index (χ1n) is 5.99. The largest absolute Gasteiger partial charge is 0.327 e. The van der Waals surface area contributed by atoms with Gasteiger partial charge in [-0.15, -0.1) is 11.8 Å². The number of halogens is 2. The summed E-state index contributed by atoms with van der Waals surface area (Å²) in [5.41, 5.74) is 6.93. The van der Waals surface area contributed by atoms with Crippen molar-refractivity contribution in [3.05, 3.63) is 64.9 Å². The van der Waals surface area contributed by atoms with Crippen molar-refractivity contribution in [1.29, 1.82) is 0 Å². The van der Waals surface area contributed by atoms with E-state index in [0.717, 1.165) is 10.5 Å². The summed E-state index contributed by atoms with van der Waals surface area (Å²) in [4.78, 5) is 1.07. The average Bonchev–Trinajstić information content (AvgIpc) is 2.37. The van der Waals surface area contributed by atoms with E-state index in [1.54, 1.807) is 17.8 Å². The average molecular weight is 296 g/mol. The van der Waals surface area contributed by atoms with Crippen LogP contribution in [0.4, 0.5) is 4.39 Å². The third kappa shape index (κ3) is 3.96. The molecule has 2 unspecified atom stereocenters. The van der Waals surface area contributed by atoms with Gasteiger partial charge < -0.3 is 5.73 Å². The molecule has 0 amide bonds. The summed E-state index contributed by atoms with van der Waals surface area (Å²) in [6.45, 7) is 1.93. The van der Waals surface area contributed by atoms with Crippen molar-refractivity contribution in [2.75, 3.05) is 0 Å². The van der Waals surface area contributed by atoms with Crippen LogP contribution in [0, 0.1) is 5.82 Å². The molecule has 2 rings (SSSR count). The van der Waals surface area contributed by atoms with Gasteiger partial charge in [-0.25, -0.2) is 4.39 Å². The molecule has 0 saturated heterocycles. The molecule has 2 aromatic rings. The lowest BCUT2D eigenvalue weighted by Crippen LogP contribution is -2.22. The molecule has 0 aliphatic carbocycles. The SMILES string of the molecule is CC(N)C(Sc1ccc(Cl)cc1)c1cccc(F)c1. The first kappa shape index (κ1) is 14.4. The first-order chi connectivity index (χ1) is 9.06. The number of thioether (sulfide) groups is 1. The van der Waals surface area contributed by atoms with Gasteiger partial charge in [0.2, 0.25) is 0 Å². The molecule has 0 saturated carbocycles. The smallest absolute Gasteiger partial charge is 0.123 e. The summed E-state index contributed by atoms with van der Waals surface area (Å²) in [5.74, 6) is -0.236. The van der Waals surface area contributed by atoms with Gasteiger partial charge in [-0.2, -0.15) is 0 Å². The van der Waals surface area contributed by atoms with E-state index in [1.807, 2.05) is 37.3 Å². The van der Waals surface area contributed by atoms with Crippen molar-refractivity contribution in [3.8, 4) is 0 Å². The second-order valence-electron chi connectivity index (χ2n) is 4.41. The molecule has 0 bridgehead atoms. The van der Waals surface area contributed by atoms with Crippen LogP contribution >= 0.6 is 23.4 Å². The number of nitrogens with two attached hydrogens (primary N) is 1. The van der Waals surface area contributed by atoms with Gasteiger partial charge in [-0.3, -0.25) is 0 Å². The molecule has 0 heterocycles. The minimum Gasteiger partial charge on any atom is -0.327 e. The number of benzene rings is 2. The minimum atomic E-state index is -0.236. The summed E-state index contributed by atoms with van der Waals surface area (Å²) in [6.07, 6.45) is 0. The molecule has 0 spiro atoms. The molecule has 0 aliphatic rings. The first-order valence-corrected chi connectivity index (χ1v) is 7.25. The Balaban J connectivity index is 2.23. The lowest BCUT2D eigenvalue weighted by Gasteiger charge is -2.21. The second kappa shape index (κ2) is 6.42. The second-order valence-corrected chi connectivity index (χ2v) is 6.06. The van der Waals surface area contributed by atoms with Crippen LogP contribution in [0.25, 0.3) is 0 Å². The predicted molar refractivity (Wildman–Crippen MR) is 80.1 cm³/mol. The maximum absolute atomic E-state index is 13.3. The molecule has 2 aromatic carbocycles. The molecule has 2 N–H and O–H groups in total. The standard InChI is InChI=1S/C15H15ClFNS/c1-10(18)15(11-3-2-4-13(17)9-11)19-14-7-5-12(16)6-8-14/h2-10,15H,18H2,1H3. The van der Waals surface area contributed by atoms with Crippen molar-refractivity contribution in [3.63, 3.8) is 0 Å². The van der Waals surface area contributed by atoms with Crippen LogP contribution in [0.3, 0.4) is 0 Å². The maximum atomic E-state index is 13.3. The van der Waals surface area contributed by atoms with Gasteiger partial charge in [-0.05, 0) is 48.9 Å². The molecule has 1 nitrogen and oxygen atoms in total. The van der Waals surface area contributed by atoms with E-state index in [9.17, 15) is 4.39 Å². The van der Waals surface area contributed by atoms with Gasteiger partial charge in [0.15, 0.2) is 0 Å². The fourth-order valence-electron chi connectivity index (χ4n) is 1.82. The molecule has 2 atom stereocenters. The van der Waals surface area contributed by atoms with E-state index in [4.69, 9.17) is 17.3 Å². The summed E-state index contributed by atoms with van der Waals surface area (Å²) in [6, 6.07) is 14.1. The molecule has 0 aromatic heterocycles. The van der Waals surface area contributed by atoms with E-state index in [-0.39, 0.29) is 17.1 Å². The van der Waals surface area contributed by atoms with E-state index in [2.05, 4.69) is 0 Å². The van der Waals surface area contributed by atoms with E-state index >= 15 is 0 Å². The Bertz CT molecular complexity index is 542. The number of hydrogen-bond acceptors (Lipinski definition) is 2. The number of rotatable bonds is 4. The zero-order chi connectivity index (χ0) is 13.8.